The number of Topliss-reactive ketones (excluding diaryl/α,β-unsaturated/α-hetero) is 1. The van der Waals surface area contributed by atoms with Crippen LogP contribution in [0.5, 0.6) is 0 Å². The maximum absolute atomic E-state index is 13.4. The summed E-state index contributed by atoms with van der Waals surface area (Å²) in [6, 6.07) is 13.2. The molecule has 2 aromatic carbocycles. The van der Waals surface area contributed by atoms with Crippen molar-refractivity contribution in [1.29, 1.82) is 0 Å². The summed E-state index contributed by atoms with van der Waals surface area (Å²) in [5.74, 6) is 0.182. The average Bonchev–Trinajstić information content (AvgIpc) is 2.90. The Labute approximate surface area is 242 Å². The highest BCUT2D eigenvalue weighted by Crippen LogP contribution is 2.26. The number of piperidine rings is 2. The molecule has 1 unspecified atom stereocenters. The van der Waals surface area contributed by atoms with Gasteiger partial charge in [0, 0.05) is 49.4 Å². The molecule has 0 aliphatic carbocycles. The van der Waals surface area contributed by atoms with Crippen LogP contribution in [0.1, 0.15) is 62.9 Å². The predicted octanol–water partition coefficient (Wildman–Crippen LogP) is 5.73. The molecule has 2 saturated heterocycles. The molecule has 41 heavy (non-hydrogen) atoms. The minimum Gasteiger partial charge on any atom is -0.444 e. The minimum atomic E-state index is -0.587. The zero-order chi connectivity index (χ0) is 29.6. The molecular weight excluding hydrogens is 523 g/mol. The van der Waals surface area contributed by atoms with Crippen LogP contribution < -0.4 is 10.6 Å². The van der Waals surface area contributed by atoms with Crippen LogP contribution in [0.4, 0.5) is 19.7 Å². The van der Waals surface area contributed by atoms with Crippen LogP contribution in [0.3, 0.4) is 0 Å². The van der Waals surface area contributed by atoms with Crippen molar-refractivity contribution in [2.24, 2.45) is 11.8 Å². The molecule has 2 aliphatic rings. The number of halogens is 1. The van der Waals surface area contributed by atoms with E-state index in [-0.39, 0.29) is 35.7 Å². The maximum atomic E-state index is 13.4. The molecule has 2 N–H and O–H groups in total. The van der Waals surface area contributed by atoms with E-state index in [9.17, 15) is 18.8 Å². The van der Waals surface area contributed by atoms with Crippen LogP contribution in [-0.2, 0) is 11.2 Å². The second kappa shape index (κ2) is 13.5. The largest absolute Gasteiger partial charge is 0.444 e. The van der Waals surface area contributed by atoms with E-state index in [0.29, 0.717) is 36.7 Å². The normalized spacial score (nSPS) is 21.7. The number of hydrogen-bond donors (Lipinski definition) is 2. The second-order valence-corrected chi connectivity index (χ2v) is 12.4. The van der Waals surface area contributed by atoms with Crippen molar-refractivity contribution in [3.05, 3.63) is 65.5 Å². The fraction of sp³-hybridized carbons (Fsp3) is 0.531. The fourth-order valence-electron chi connectivity index (χ4n) is 5.82. The highest BCUT2D eigenvalue weighted by Gasteiger charge is 2.36. The number of benzene rings is 2. The predicted molar refractivity (Wildman–Crippen MR) is 158 cm³/mol. The number of carbonyl (C=O) groups excluding carboxylic acids is 3. The summed E-state index contributed by atoms with van der Waals surface area (Å²) in [4.78, 5) is 41.9. The molecule has 3 amide bonds. The van der Waals surface area contributed by atoms with Crippen LogP contribution in [-0.4, -0.2) is 72.1 Å². The van der Waals surface area contributed by atoms with Gasteiger partial charge in [0.25, 0.3) is 0 Å². The molecule has 0 saturated carbocycles. The van der Waals surface area contributed by atoms with E-state index < -0.39 is 5.60 Å². The van der Waals surface area contributed by atoms with Gasteiger partial charge in [0.15, 0.2) is 5.78 Å². The number of rotatable bonds is 7. The van der Waals surface area contributed by atoms with Gasteiger partial charge in [-0.05, 0) is 95.7 Å². The molecular formula is C32H43FN4O4. The van der Waals surface area contributed by atoms with E-state index in [1.54, 1.807) is 29.2 Å². The van der Waals surface area contributed by atoms with Gasteiger partial charge in [-0.1, -0.05) is 24.3 Å². The van der Waals surface area contributed by atoms with Crippen molar-refractivity contribution in [1.82, 2.24) is 15.1 Å². The Kier molecular flexibility index (Phi) is 10.0. The smallest absolute Gasteiger partial charge is 0.410 e. The lowest BCUT2D eigenvalue weighted by Gasteiger charge is -2.42. The van der Waals surface area contributed by atoms with Crippen LogP contribution >= 0.6 is 0 Å². The van der Waals surface area contributed by atoms with Gasteiger partial charge in [0.2, 0.25) is 0 Å². The lowest BCUT2D eigenvalue weighted by molar-refractivity contribution is 0.00959. The first-order chi connectivity index (χ1) is 19.4. The van der Waals surface area contributed by atoms with Gasteiger partial charge in [0.05, 0.1) is 0 Å². The summed E-state index contributed by atoms with van der Waals surface area (Å²) in [5.41, 5.74) is 1.64. The standard InChI is InChI=1S/C32H43FN4O4/c1-22(38)25-8-5-9-28(18-25)34-30(39)35-29-14-16-37(31(40)41-32(2,3)4)21-26(29)20-36-15-6-7-24(19-36)17-23-10-12-27(33)13-11-23/h5,8-13,18,24,26,29H,6-7,14-17,19-21H2,1-4H3,(H2,34,35,39)/t24?,26-,29-/m1/s1. The molecule has 2 aromatic rings. The van der Waals surface area contributed by atoms with Crippen molar-refractivity contribution in [3.63, 3.8) is 0 Å². The van der Waals surface area contributed by atoms with Crippen LogP contribution in [0.2, 0.25) is 0 Å². The van der Waals surface area contributed by atoms with Crippen LogP contribution in [0.25, 0.3) is 0 Å². The van der Waals surface area contributed by atoms with E-state index in [1.165, 1.54) is 19.1 Å². The molecule has 0 radical (unpaired) electrons. The lowest BCUT2D eigenvalue weighted by Crippen LogP contribution is -2.57. The number of likely N-dealkylation sites (tertiary alicyclic amines) is 2. The number of hydrogen-bond acceptors (Lipinski definition) is 5. The van der Waals surface area contributed by atoms with Crippen molar-refractivity contribution >= 4 is 23.6 Å². The molecule has 2 aliphatic heterocycles. The highest BCUT2D eigenvalue weighted by molar-refractivity contribution is 5.96. The third kappa shape index (κ3) is 9.28. The van der Waals surface area contributed by atoms with Crippen LogP contribution in [0, 0.1) is 17.7 Å². The van der Waals surface area contributed by atoms with Gasteiger partial charge in [0.1, 0.15) is 11.4 Å². The Morgan fingerprint density at radius 1 is 1.02 bits per heavy atom. The molecule has 9 heteroatoms. The van der Waals surface area contributed by atoms with Crippen molar-refractivity contribution in [2.45, 2.75) is 65.0 Å². The molecule has 0 aromatic heterocycles. The second-order valence-electron chi connectivity index (χ2n) is 12.4. The Morgan fingerprint density at radius 3 is 2.49 bits per heavy atom. The Bertz CT molecular complexity index is 1210. The molecule has 3 atom stereocenters. The third-order valence-electron chi connectivity index (χ3n) is 7.76. The van der Waals surface area contributed by atoms with Gasteiger partial charge >= 0.3 is 12.1 Å². The first-order valence-corrected chi connectivity index (χ1v) is 14.6. The van der Waals surface area contributed by atoms with Crippen LogP contribution in [0.15, 0.2) is 48.5 Å². The average molecular weight is 567 g/mol. The Morgan fingerprint density at radius 2 is 1.78 bits per heavy atom. The monoisotopic (exact) mass is 566 g/mol. The van der Waals surface area contributed by atoms with Crippen molar-refractivity contribution in [2.75, 3.05) is 38.0 Å². The van der Waals surface area contributed by atoms with E-state index in [2.05, 4.69) is 15.5 Å². The first-order valence-electron chi connectivity index (χ1n) is 14.6. The molecule has 8 nitrogen and oxygen atoms in total. The minimum absolute atomic E-state index is 0.00939. The number of nitrogens with one attached hydrogen (secondary N) is 2. The number of carbonyl (C=O) groups is 3. The summed E-state index contributed by atoms with van der Waals surface area (Å²) in [7, 11) is 0. The third-order valence-corrected chi connectivity index (χ3v) is 7.76. The lowest BCUT2D eigenvalue weighted by atomic mass is 9.88. The number of urea groups is 1. The number of anilines is 1. The fourth-order valence-corrected chi connectivity index (χ4v) is 5.82. The van der Waals surface area contributed by atoms with E-state index in [4.69, 9.17) is 4.74 Å². The molecule has 0 bridgehead atoms. The molecule has 2 fully saturated rings. The zero-order valence-corrected chi connectivity index (χ0v) is 24.6. The van der Waals surface area contributed by atoms with Gasteiger partial charge < -0.3 is 25.2 Å². The number of ether oxygens (including phenoxy) is 1. The summed E-state index contributed by atoms with van der Waals surface area (Å²) >= 11 is 0. The first kappa shape index (κ1) is 30.5. The van der Waals surface area contributed by atoms with Gasteiger partial charge in [-0.25, -0.2) is 14.0 Å². The van der Waals surface area contributed by atoms with Gasteiger partial charge in [-0.2, -0.15) is 0 Å². The van der Waals surface area contributed by atoms with Crippen molar-refractivity contribution in [3.8, 4) is 0 Å². The summed E-state index contributed by atoms with van der Waals surface area (Å²) < 4.78 is 19.0. The van der Waals surface area contributed by atoms with E-state index in [1.807, 2.05) is 32.9 Å². The van der Waals surface area contributed by atoms with Gasteiger partial charge in [-0.3, -0.25) is 4.79 Å². The van der Waals surface area contributed by atoms with Crippen molar-refractivity contribution < 1.29 is 23.5 Å². The summed E-state index contributed by atoms with van der Waals surface area (Å²) in [6.07, 6.45) is 3.36. The van der Waals surface area contributed by atoms with E-state index in [0.717, 1.165) is 44.5 Å². The quantitative estimate of drug-likeness (QED) is 0.418. The number of ketones is 1. The summed E-state index contributed by atoms with van der Waals surface area (Å²) in [5, 5.41) is 6.01. The molecule has 4 rings (SSSR count). The Hall–Kier alpha value is -3.46. The Balaban J connectivity index is 1.42. The number of nitrogens with zero attached hydrogens (tertiary/aromatic N) is 2. The zero-order valence-electron chi connectivity index (χ0n) is 24.6. The van der Waals surface area contributed by atoms with E-state index >= 15 is 0 Å². The topological polar surface area (TPSA) is 91.0 Å². The maximum Gasteiger partial charge on any atom is 0.410 e. The summed E-state index contributed by atoms with van der Waals surface area (Å²) in [6.45, 7) is 10.7. The molecule has 0 spiro atoms. The SMILES string of the molecule is CC(=O)c1cccc(NC(=O)N[C@@H]2CCN(C(=O)OC(C)(C)C)C[C@H]2CN2CCCC(Cc3ccc(F)cc3)C2)c1. The molecule has 222 valence electrons. The highest BCUT2D eigenvalue weighted by atomic mass is 19.1. The molecule has 2 heterocycles. The number of amides is 3. The van der Waals surface area contributed by atoms with Gasteiger partial charge in [-0.15, -0.1) is 0 Å².